The molecule has 1 heterocycles. The Balaban J connectivity index is 2.26. The van der Waals surface area contributed by atoms with Crippen LogP contribution in [-0.4, -0.2) is 4.98 Å². The van der Waals surface area contributed by atoms with E-state index < -0.39 is 0 Å². The molecule has 0 fully saturated rings. The van der Waals surface area contributed by atoms with Crippen molar-refractivity contribution in [2.45, 2.75) is 26.8 Å². The van der Waals surface area contributed by atoms with Crippen LogP contribution in [0.2, 0.25) is 15.1 Å². The number of nitrogens with zero attached hydrogens (tertiary/aromatic N) is 1. The first kappa shape index (κ1) is 14.9. The maximum absolute atomic E-state index is 6.16. The number of rotatable bonds is 3. The highest BCUT2D eigenvalue weighted by molar-refractivity contribution is 7.11. The maximum atomic E-state index is 6.16. The molecule has 0 spiro atoms. The lowest BCUT2D eigenvalue weighted by Crippen LogP contribution is -2.06. The monoisotopic (exact) mass is 334 g/mol. The molecule has 2 rings (SSSR count). The van der Waals surface area contributed by atoms with Crippen LogP contribution in [0.3, 0.4) is 0 Å². The van der Waals surface area contributed by atoms with Crippen molar-refractivity contribution in [3.63, 3.8) is 0 Å². The summed E-state index contributed by atoms with van der Waals surface area (Å²) in [5.74, 6) is 0. The Bertz CT molecular complexity index is 610. The van der Waals surface area contributed by atoms with Gasteiger partial charge in [0.1, 0.15) is 0 Å². The predicted octanol–water partition coefficient (Wildman–Crippen LogP) is 5.89. The lowest BCUT2D eigenvalue weighted by molar-refractivity contribution is 0.890. The molecular weight excluding hydrogens is 323 g/mol. The molecule has 1 aromatic carbocycles. The van der Waals surface area contributed by atoms with E-state index in [0.717, 1.165) is 16.4 Å². The standard InChI is InChI=1S/C13H13Cl3N2S/c1-6-13(19-8(3)17-6)7(2)18-12-5-10(15)9(14)4-11(12)16/h4-5,7,18H,1-3H3. The van der Waals surface area contributed by atoms with Crippen molar-refractivity contribution in [3.8, 4) is 0 Å². The molecule has 0 saturated carbocycles. The number of benzene rings is 1. The molecule has 1 unspecified atom stereocenters. The largest absolute Gasteiger partial charge is 0.376 e. The van der Waals surface area contributed by atoms with E-state index in [1.54, 1.807) is 23.5 Å². The summed E-state index contributed by atoms with van der Waals surface area (Å²) < 4.78 is 0. The molecular formula is C13H13Cl3N2S. The average molecular weight is 336 g/mol. The van der Waals surface area contributed by atoms with Crippen molar-refractivity contribution in [3.05, 3.63) is 42.8 Å². The minimum Gasteiger partial charge on any atom is -0.376 e. The fourth-order valence-corrected chi connectivity index (χ4v) is 3.41. The van der Waals surface area contributed by atoms with Gasteiger partial charge < -0.3 is 5.32 Å². The highest BCUT2D eigenvalue weighted by Crippen LogP contribution is 2.35. The van der Waals surface area contributed by atoms with Crippen molar-refractivity contribution in [1.82, 2.24) is 4.98 Å². The minimum atomic E-state index is 0.112. The molecule has 0 saturated heterocycles. The Hall–Kier alpha value is -0.480. The Morgan fingerprint density at radius 1 is 1.11 bits per heavy atom. The number of hydrogen-bond donors (Lipinski definition) is 1. The van der Waals surface area contributed by atoms with Gasteiger partial charge in [0.05, 0.1) is 37.5 Å². The van der Waals surface area contributed by atoms with Crippen LogP contribution < -0.4 is 5.32 Å². The minimum absolute atomic E-state index is 0.112. The van der Waals surface area contributed by atoms with Gasteiger partial charge in [-0.2, -0.15) is 0 Å². The number of nitrogens with one attached hydrogen (secondary N) is 1. The molecule has 0 amide bonds. The van der Waals surface area contributed by atoms with Gasteiger partial charge in [-0.05, 0) is 32.9 Å². The molecule has 0 bridgehead atoms. The van der Waals surface area contributed by atoms with Crippen molar-refractivity contribution >= 4 is 51.8 Å². The van der Waals surface area contributed by atoms with Crippen LogP contribution in [0.1, 0.15) is 28.5 Å². The van der Waals surface area contributed by atoms with Crippen molar-refractivity contribution in [2.75, 3.05) is 5.32 Å². The molecule has 0 aliphatic heterocycles. The molecule has 1 aromatic heterocycles. The number of aromatic nitrogens is 1. The van der Waals surface area contributed by atoms with E-state index in [0.29, 0.717) is 15.1 Å². The summed E-state index contributed by atoms with van der Waals surface area (Å²) >= 11 is 19.8. The zero-order valence-corrected chi connectivity index (χ0v) is 13.8. The summed E-state index contributed by atoms with van der Waals surface area (Å²) in [6.45, 7) is 6.08. The molecule has 1 N–H and O–H groups in total. The fraction of sp³-hybridized carbons (Fsp3) is 0.308. The fourth-order valence-electron chi connectivity index (χ4n) is 1.88. The van der Waals surface area contributed by atoms with E-state index in [9.17, 15) is 0 Å². The second-order valence-electron chi connectivity index (χ2n) is 4.29. The van der Waals surface area contributed by atoms with Crippen molar-refractivity contribution in [1.29, 1.82) is 0 Å². The van der Waals surface area contributed by atoms with Crippen LogP contribution in [0.4, 0.5) is 5.69 Å². The lowest BCUT2D eigenvalue weighted by Gasteiger charge is -2.16. The molecule has 19 heavy (non-hydrogen) atoms. The third-order valence-electron chi connectivity index (χ3n) is 2.71. The first-order valence-corrected chi connectivity index (χ1v) is 7.68. The van der Waals surface area contributed by atoms with Gasteiger partial charge in [-0.1, -0.05) is 34.8 Å². The van der Waals surface area contributed by atoms with E-state index in [-0.39, 0.29) is 6.04 Å². The molecule has 0 radical (unpaired) electrons. The van der Waals surface area contributed by atoms with Gasteiger partial charge in [-0.3, -0.25) is 0 Å². The summed E-state index contributed by atoms with van der Waals surface area (Å²) in [5.41, 5.74) is 1.81. The molecule has 0 aliphatic carbocycles. The quantitative estimate of drug-likeness (QED) is 0.707. The van der Waals surface area contributed by atoms with Gasteiger partial charge in [0.25, 0.3) is 0 Å². The maximum Gasteiger partial charge on any atom is 0.0900 e. The molecule has 1 atom stereocenters. The first-order chi connectivity index (χ1) is 8.88. The third kappa shape index (κ3) is 3.34. The van der Waals surface area contributed by atoms with Crippen LogP contribution >= 0.6 is 46.1 Å². The predicted molar refractivity (Wildman–Crippen MR) is 85.1 cm³/mol. The molecule has 0 aliphatic rings. The van der Waals surface area contributed by atoms with E-state index in [1.807, 2.05) is 13.8 Å². The summed E-state index contributed by atoms with van der Waals surface area (Å²) in [7, 11) is 0. The smallest absolute Gasteiger partial charge is 0.0900 e. The second-order valence-corrected chi connectivity index (χ2v) is 6.75. The highest BCUT2D eigenvalue weighted by Gasteiger charge is 2.15. The topological polar surface area (TPSA) is 24.9 Å². The number of thiazole rings is 1. The van der Waals surface area contributed by atoms with Crippen LogP contribution in [0.25, 0.3) is 0 Å². The number of halogens is 3. The van der Waals surface area contributed by atoms with Gasteiger partial charge in [0.2, 0.25) is 0 Å². The van der Waals surface area contributed by atoms with Crippen molar-refractivity contribution in [2.24, 2.45) is 0 Å². The van der Waals surface area contributed by atoms with Crippen LogP contribution in [0, 0.1) is 13.8 Å². The van der Waals surface area contributed by atoms with Gasteiger partial charge in [0, 0.05) is 4.88 Å². The Morgan fingerprint density at radius 2 is 1.74 bits per heavy atom. The lowest BCUT2D eigenvalue weighted by atomic mass is 10.2. The zero-order chi connectivity index (χ0) is 14.2. The summed E-state index contributed by atoms with van der Waals surface area (Å²) in [5, 5.41) is 5.89. The normalized spacial score (nSPS) is 12.5. The molecule has 2 nitrogen and oxygen atoms in total. The number of aryl methyl sites for hydroxylation is 2. The van der Waals surface area contributed by atoms with Crippen LogP contribution in [0.5, 0.6) is 0 Å². The summed E-state index contributed by atoms with van der Waals surface area (Å²) in [4.78, 5) is 5.62. The Kier molecular flexibility index (Phi) is 4.62. The van der Waals surface area contributed by atoms with Gasteiger partial charge in [0.15, 0.2) is 0 Å². The zero-order valence-electron chi connectivity index (χ0n) is 10.7. The average Bonchev–Trinajstić information content (AvgIpc) is 2.65. The van der Waals surface area contributed by atoms with E-state index in [4.69, 9.17) is 34.8 Å². The van der Waals surface area contributed by atoms with E-state index in [2.05, 4.69) is 17.2 Å². The van der Waals surface area contributed by atoms with E-state index in [1.165, 1.54) is 4.88 Å². The second kappa shape index (κ2) is 5.88. The Morgan fingerprint density at radius 3 is 2.32 bits per heavy atom. The SMILES string of the molecule is Cc1nc(C)c(C(C)Nc2cc(Cl)c(Cl)cc2Cl)s1. The highest BCUT2D eigenvalue weighted by atomic mass is 35.5. The Labute approximate surface area is 131 Å². The molecule has 2 aromatic rings. The van der Waals surface area contributed by atoms with Crippen molar-refractivity contribution < 1.29 is 0 Å². The van der Waals surface area contributed by atoms with Crippen LogP contribution in [-0.2, 0) is 0 Å². The first-order valence-electron chi connectivity index (χ1n) is 5.73. The third-order valence-corrected chi connectivity index (χ3v) is 5.01. The van der Waals surface area contributed by atoms with Gasteiger partial charge in [-0.25, -0.2) is 4.98 Å². The number of hydrogen-bond acceptors (Lipinski definition) is 3. The van der Waals surface area contributed by atoms with Gasteiger partial charge >= 0.3 is 0 Å². The number of anilines is 1. The summed E-state index contributed by atoms with van der Waals surface area (Å²) in [6.07, 6.45) is 0. The van der Waals surface area contributed by atoms with E-state index >= 15 is 0 Å². The van der Waals surface area contributed by atoms with Crippen LogP contribution in [0.15, 0.2) is 12.1 Å². The van der Waals surface area contributed by atoms with Gasteiger partial charge in [-0.15, -0.1) is 11.3 Å². The summed E-state index contributed by atoms with van der Waals surface area (Å²) in [6, 6.07) is 3.50. The molecule has 102 valence electrons. The molecule has 6 heteroatoms.